The number of hydrogen-bond donors (Lipinski definition) is 0. The van der Waals surface area contributed by atoms with Crippen LogP contribution in [0.3, 0.4) is 0 Å². The SMILES string of the molecule is O=C(c1ccsc1)c1ccc(Br)c2ccccc12. The van der Waals surface area contributed by atoms with E-state index < -0.39 is 0 Å². The second-order valence-electron chi connectivity index (χ2n) is 3.98. The van der Waals surface area contributed by atoms with Crippen molar-refractivity contribution in [2.75, 3.05) is 0 Å². The molecule has 0 amide bonds. The maximum absolute atomic E-state index is 12.4. The average Bonchev–Trinajstić information content (AvgIpc) is 2.93. The molecule has 0 fully saturated rings. The van der Waals surface area contributed by atoms with Crippen LogP contribution in [-0.2, 0) is 0 Å². The number of fused-ring (bicyclic) bond motifs is 1. The Bertz CT molecular complexity index is 716. The van der Waals surface area contributed by atoms with E-state index in [1.807, 2.05) is 53.2 Å². The van der Waals surface area contributed by atoms with E-state index in [4.69, 9.17) is 0 Å². The number of benzene rings is 2. The summed E-state index contributed by atoms with van der Waals surface area (Å²) in [5, 5.41) is 5.87. The molecule has 0 atom stereocenters. The Balaban J connectivity index is 2.25. The smallest absolute Gasteiger partial charge is 0.194 e. The Morgan fingerprint density at radius 1 is 1.00 bits per heavy atom. The molecule has 0 aliphatic carbocycles. The maximum atomic E-state index is 12.4. The molecule has 0 aliphatic rings. The minimum absolute atomic E-state index is 0.0833. The van der Waals surface area contributed by atoms with E-state index in [1.165, 1.54) is 0 Å². The number of carbonyl (C=O) groups excluding carboxylic acids is 1. The third kappa shape index (κ3) is 1.89. The monoisotopic (exact) mass is 316 g/mol. The molecular weight excluding hydrogens is 308 g/mol. The zero-order valence-corrected chi connectivity index (χ0v) is 11.8. The Hall–Kier alpha value is -1.45. The van der Waals surface area contributed by atoms with Crippen molar-refractivity contribution in [2.24, 2.45) is 0 Å². The number of hydrogen-bond acceptors (Lipinski definition) is 2. The Morgan fingerprint density at radius 2 is 1.78 bits per heavy atom. The van der Waals surface area contributed by atoms with Crippen LogP contribution in [0, 0.1) is 0 Å². The number of thiophene rings is 1. The van der Waals surface area contributed by atoms with Gasteiger partial charge in [0.2, 0.25) is 0 Å². The van der Waals surface area contributed by atoms with Crippen LogP contribution in [0.1, 0.15) is 15.9 Å². The number of carbonyl (C=O) groups is 1. The molecule has 0 radical (unpaired) electrons. The minimum Gasteiger partial charge on any atom is -0.289 e. The molecular formula is C15H9BrOS. The van der Waals surface area contributed by atoms with Gasteiger partial charge in [-0.3, -0.25) is 4.79 Å². The third-order valence-corrected chi connectivity index (χ3v) is 4.27. The Morgan fingerprint density at radius 3 is 2.50 bits per heavy atom. The van der Waals surface area contributed by atoms with Gasteiger partial charge in [0, 0.05) is 21.0 Å². The highest BCUT2D eigenvalue weighted by Crippen LogP contribution is 2.28. The molecule has 0 aliphatic heterocycles. The van der Waals surface area contributed by atoms with E-state index in [-0.39, 0.29) is 5.78 Å². The highest BCUT2D eigenvalue weighted by Gasteiger charge is 2.13. The number of rotatable bonds is 2. The molecule has 0 bridgehead atoms. The molecule has 2 aromatic carbocycles. The first kappa shape index (κ1) is 11.6. The van der Waals surface area contributed by atoms with Crippen LogP contribution in [0.25, 0.3) is 10.8 Å². The predicted octanol–water partition coefficient (Wildman–Crippen LogP) is 4.89. The zero-order chi connectivity index (χ0) is 12.5. The first-order valence-corrected chi connectivity index (χ1v) is 7.25. The Labute approximate surface area is 117 Å². The molecule has 0 N–H and O–H groups in total. The van der Waals surface area contributed by atoms with Crippen molar-refractivity contribution >= 4 is 43.8 Å². The van der Waals surface area contributed by atoms with Crippen LogP contribution in [0.5, 0.6) is 0 Å². The third-order valence-electron chi connectivity index (χ3n) is 2.90. The molecule has 0 unspecified atom stereocenters. The van der Waals surface area contributed by atoms with Crippen LogP contribution >= 0.6 is 27.3 Å². The standard InChI is InChI=1S/C15H9BrOS/c16-14-6-5-13(11-3-1-2-4-12(11)14)15(17)10-7-8-18-9-10/h1-9H. The first-order chi connectivity index (χ1) is 8.77. The lowest BCUT2D eigenvalue weighted by atomic mass is 9.99. The molecule has 1 aromatic heterocycles. The van der Waals surface area contributed by atoms with Gasteiger partial charge in [-0.25, -0.2) is 0 Å². The van der Waals surface area contributed by atoms with E-state index in [2.05, 4.69) is 15.9 Å². The van der Waals surface area contributed by atoms with Crippen molar-refractivity contribution in [3.8, 4) is 0 Å². The van der Waals surface area contributed by atoms with Gasteiger partial charge in [-0.15, -0.1) is 0 Å². The fraction of sp³-hybridized carbons (Fsp3) is 0. The van der Waals surface area contributed by atoms with Crippen LogP contribution < -0.4 is 0 Å². The lowest BCUT2D eigenvalue weighted by molar-refractivity contribution is 0.104. The minimum atomic E-state index is 0.0833. The molecule has 0 spiro atoms. The fourth-order valence-electron chi connectivity index (χ4n) is 2.01. The van der Waals surface area contributed by atoms with Crippen molar-refractivity contribution in [1.29, 1.82) is 0 Å². The van der Waals surface area contributed by atoms with Crippen LogP contribution in [0.15, 0.2) is 57.7 Å². The summed E-state index contributed by atoms with van der Waals surface area (Å²) in [6.45, 7) is 0. The molecule has 1 heterocycles. The van der Waals surface area contributed by atoms with Crippen molar-refractivity contribution in [3.05, 3.63) is 68.8 Å². The largest absolute Gasteiger partial charge is 0.289 e. The maximum Gasteiger partial charge on any atom is 0.194 e. The number of ketones is 1. The lowest BCUT2D eigenvalue weighted by Gasteiger charge is -2.06. The van der Waals surface area contributed by atoms with E-state index in [0.29, 0.717) is 0 Å². The van der Waals surface area contributed by atoms with Gasteiger partial charge < -0.3 is 0 Å². The van der Waals surface area contributed by atoms with E-state index >= 15 is 0 Å². The summed E-state index contributed by atoms with van der Waals surface area (Å²) in [6.07, 6.45) is 0. The van der Waals surface area contributed by atoms with Crippen LogP contribution in [-0.4, -0.2) is 5.78 Å². The van der Waals surface area contributed by atoms with Crippen molar-refractivity contribution in [3.63, 3.8) is 0 Å². The van der Waals surface area contributed by atoms with E-state index in [0.717, 1.165) is 26.4 Å². The highest BCUT2D eigenvalue weighted by molar-refractivity contribution is 9.10. The topological polar surface area (TPSA) is 17.1 Å². The molecule has 3 aromatic rings. The van der Waals surface area contributed by atoms with Crippen molar-refractivity contribution < 1.29 is 4.79 Å². The second kappa shape index (κ2) is 4.67. The molecule has 3 heteroatoms. The van der Waals surface area contributed by atoms with Gasteiger partial charge in [0.05, 0.1) is 0 Å². The summed E-state index contributed by atoms with van der Waals surface area (Å²) in [6, 6.07) is 13.6. The molecule has 3 rings (SSSR count). The molecule has 0 saturated carbocycles. The normalized spacial score (nSPS) is 10.7. The summed E-state index contributed by atoms with van der Waals surface area (Å²) in [5.41, 5.74) is 1.51. The molecule has 0 saturated heterocycles. The summed E-state index contributed by atoms with van der Waals surface area (Å²) >= 11 is 5.06. The van der Waals surface area contributed by atoms with Gasteiger partial charge in [0.15, 0.2) is 5.78 Å². The number of halogens is 1. The van der Waals surface area contributed by atoms with Gasteiger partial charge in [-0.1, -0.05) is 40.2 Å². The Kier molecular flexibility index (Phi) is 3.02. The first-order valence-electron chi connectivity index (χ1n) is 5.51. The second-order valence-corrected chi connectivity index (χ2v) is 5.62. The summed E-state index contributed by atoms with van der Waals surface area (Å²) in [4.78, 5) is 12.4. The van der Waals surface area contributed by atoms with Gasteiger partial charge in [-0.2, -0.15) is 11.3 Å². The summed E-state index contributed by atoms with van der Waals surface area (Å²) in [7, 11) is 0. The summed E-state index contributed by atoms with van der Waals surface area (Å²) < 4.78 is 1.01. The molecule has 88 valence electrons. The van der Waals surface area contributed by atoms with Crippen LogP contribution in [0.2, 0.25) is 0 Å². The average molecular weight is 317 g/mol. The van der Waals surface area contributed by atoms with E-state index in [1.54, 1.807) is 11.3 Å². The van der Waals surface area contributed by atoms with Gasteiger partial charge in [-0.05, 0) is 34.4 Å². The quantitative estimate of drug-likeness (QED) is 0.615. The predicted molar refractivity (Wildman–Crippen MR) is 79.4 cm³/mol. The van der Waals surface area contributed by atoms with Crippen molar-refractivity contribution in [1.82, 2.24) is 0 Å². The summed E-state index contributed by atoms with van der Waals surface area (Å²) in [5.74, 6) is 0.0833. The van der Waals surface area contributed by atoms with Crippen LogP contribution in [0.4, 0.5) is 0 Å². The zero-order valence-electron chi connectivity index (χ0n) is 9.39. The fourth-order valence-corrected chi connectivity index (χ4v) is 3.12. The van der Waals surface area contributed by atoms with Gasteiger partial charge in [0.25, 0.3) is 0 Å². The highest BCUT2D eigenvalue weighted by atomic mass is 79.9. The van der Waals surface area contributed by atoms with E-state index in [9.17, 15) is 4.79 Å². The molecule has 18 heavy (non-hydrogen) atoms. The molecule has 1 nitrogen and oxygen atoms in total. The lowest BCUT2D eigenvalue weighted by Crippen LogP contribution is -2.00. The van der Waals surface area contributed by atoms with Gasteiger partial charge >= 0.3 is 0 Å². The van der Waals surface area contributed by atoms with Gasteiger partial charge in [0.1, 0.15) is 0 Å². The van der Waals surface area contributed by atoms with Crippen molar-refractivity contribution in [2.45, 2.75) is 0 Å².